The second-order valence-electron chi connectivity index (χ2n) is 4.46. The summed E-state index contributed by atoms with van der Waals surface area (Å²) in [7, 11) is 0. The second kappa shape index (κ2) is 5.75. The molecular weight excluding hydrogens is 346 g/mol. The van der Waals surface area contributed by atoms with Gasteiger partial charge >= 0.3 is 5.69 Å². The Labute approximate surface area is 138 Å². The summed E-state index contributed by atoms with van der Waals surface area (Å²) in [5.41, 5.74) is 1.99. The van der Waals surface area contributed by atoms with E-state index in [0.717, 1.165) is 34.9 Å². The molecule has 0 aliphatic rings. The Morgan fingerprint density at radius 2 is 1.82 bits per heavy atom. The zero-order valence-corrected chi connectivity index (χ0v) is 13.8. The highest BCUT2D eigenvalue weighted by atomic mass is 35.5. The molecule has 0 unspecified atom stereocenters. The normalized spacial score (nSPS) is 11.0. The molecule has 7 nitrogen and oxygen atoms in total. The van der Waals surface area contributed by atoms with Gasteiger partial charge in [0.15, 0.2) is 10.7 Å². The van der Waals surface area contributed by atoms with Gasteiger partial charge < -0.3 is 0 Å². The van der Waals surface area contributed by atoms with Crippen molar-refractivity contribution in [1.82, 2.24) is 18.7 Å². The summed E-state index contributed by atoms with van der Waals surface area (Å²) >= 11 is 8.12. The SMILES string of the molecule is Cc1cc(C)nc(Sc2cc(Cl)c3nsnc3c2[N+](=O)[O-])n1. The lowest BCUT2D eigenvalue weighted by molar-refractivity contribution is -0.386. The van der Waals surface area contributed by atoms with E-state index in [-0.39, 0.29) is 11.2 Å². The molecule has 0 saturated heterocycles. The molecule has 22 heavy (non-hydrogen) atoms. The van der Waals surface area contributed by atoms with Crippen LogP contribution in [-0.2, 0) is 0 Å². The summed E-state index contributed by atoms with van der Waals surface area (Å²) < 4.78 is 7.98. The highest BCUT2D eigenvalue weighted by molar-refractivity contribution is 7.99. The molecule has 0 amide bonds. The van der Waals surface area contributed by atoms with Crippen LogP contribution in [0.5, 0.6) is 0 Å². The summed E-state index contributed by atoms with van der Waals surface area (Å²) in [6.07, 6.45) is 0. The van der Waals surface area contributed by atoms with Crippen LogP contribution in [0.2, 0.25) is 5.02 Å². The molecule has 0 radical (unpaired) electrons. The van der Waals surface area contributed by atoms with Crippen LogP contribution in [0.3, 0.4) is 0 Å². The molecule has 0 aliphatic carbocycles. The number of fused-ring (bicyclic) bond motifs is 1. The van der Waals surface area contributed by atoms with Crippen LogP contribution in [0.25, 0.3) is 11.0 Å². The minimum Gasteiger partial charge on any atom is -0.258 e. The second-order valence-corrected chi connectivity index (χ2v) is 6.40. The number of nitro groups is 1. The van der Waals surface area contributed by atoms with E-state index in [0.29, 0.717) is 20.6 Å². The van der Waals surface area contributed by atoms with Gasteiger partial charge in [-0.1, -0.05) is 11.6 Å². The fourth-order valence-electron chi connectivity index (χ4n) is 1.96. The number of hydrogen-bond acceptors (Lipinski definition) is 8. The lowest BCUT2D eigenvalue weighted by Crippen LogP contribution is -1.96. The lowest BCUT2D eigenvalue weighted by atomic mass is 10.2. The van der Waals surface area contributed by atoms with E-state index in [1.165, 1.54) is 6.07 Å². The molecule has 1 aromatic carbocycles. The number of nitro benzene ring substituents is 1. The van der Waals surface area contributed by atoms with Crippen molar-refractivity contribution >= 4 is 51.8 Å². The number of halogens is 1. The van der Waals surface area contributed by atoms with Crippen LogP contribution in [0.1, 0.15) is 11.4 Å². The van der Waals surface area contributed by atoms with Crippen LogP contribution in [0.4, 0.5) is 5.69 Å². The van der Waals surface area contributed by atoms with Crippen molar-refractivity contribution in [1.29, 1.82) is 0 Å². The third kappa shape index (κ3) is 2.74. The molecule has 2 heterocycles. The van der Waals surface area contributed by atoms with Crippen molar-refractivity contribution in [2.24, 2.45) is 0 Å². The van der Waals surface area contributed by atoms with Gasteiger partial charge in [-0.3, -0.25) is 10.1 Å². The smallest absolute Gasteiger partial charge is 0.258 e. The van der Waals surface area contributed by atoms with Gasteiger partial charge in [-0.15, -0.1) is 0 Å². The Bertz CT molecular complexity index is 878. The van der Waals surface area contributed by atoms with Gasteiger partial charge in [0.1, 0.15) is 5.52 Å². The number of nitrogens with zero attached hydrogens (tertiary/aromatic N) is 5. The molecule has 3 aromatic rings. The maximum Gasteiger partial charge on any atom is 0.312 e. The van der Waals surface area contributed by atoms with E-state index in [2.05, 4.69) is 18.7 Å². The Morgan fingerprint density at radius 1 is 1.18 bits per heavy atom. The van der Waals surface area contributed by atoms with Gasteiger partial charge in [-0.25, -0.2) is 9.97 Å². The van der Waals surface area contributed by atoms with E-state index in [1.807, 2.05) is 19.9 Å². The molecule has 0 N–H and O–H groups in total. The highest BCUT2D eigenvalue weighted by Gasteiger charge is 2.25. The summed E-state index contributed by atoms with van der Waals surface area (Å²) in [4.78, 5) is 19.8. The van der Waals surface area contributed by atoms with E-state index < -0.39 is 4.92 Å². The number of hydrogen-bond donors (Lipinski definition) is 0. The van der Waals surface area contributed by atoms with Gasteiger partial charge in [-0.2, -0.15) is 8.75 Å². The average Bonchev–Trinajstić information content (AvgIpc) is 2.86. The topological polar surface area (TPSA) is 94.7 Å². The first-order chi connectivity index (χ1) is 10.5. The van der Waals surface area contributed by atoms with E-state index in [9.17, 15) is 10.1 Å². The molecule has 0 atom stereocenters. The van der Waals surface area contributed by atoms with Gasteiger partial charge in [0.25, 0.3) is 0 Å². The summed E-state index contributed by atoms with van der Waals surface area (Å²) in [6.45, 7) is 3.68. The lowest BCUT2D eigenvalue weighted by Gasteiger charge is -2.05. The van der Waals surface area contributed by atoms with Crippen molar-refractivity contribution < 1.29 is 4.92 Å². The molecule has 3 rings (SSSR count). The van der Waals surface area contributed by atoms with Crippen LogP contribution >= 0.6 is 35.1 Å². The molecule has 112 valence electrons. The van der Waals surface area contributed by atoms with Gasteiger partial charge in [0, 0.05) is 11.4 Å². The first kappa shape index (κ1) is 15.1. The van der Waals surface area contributed by atoms with E-state index >= 15 is 0 Å². The molecule has 0 fully saturated rings. The third-order valence-corrected chi connectivity index (χ3v) is 4.49. The van der Waals surface area contributed by atoms with Crippen molar-refractivity contribution in [3.63, 3.8) is 0 Å². The van der Waals surface area contributed by atoms with E-state index in [1.54, 1.807) is 0 Å². The summed E-state index contributed by atoms with van der Waals surface area (Å²) in [5.74, 6) is 0. The third-order valence-electron chi connectivity index (χ3n) is 2.78. The maximum atomic E-state index is 11.4. The van der Waals surface area contributed by atoms with Crippen molar-refractivity contribution in [3.05, 3.63) is 38.7 Å². The summed E-state index contributed by atoms with van der Waals surface area (Å²) in [5, 5.41) is 12.2. The van der Waals surface area contributed by atoms with Crippen molar-refractivity contribution in [2.75, 3.05) is 0 Å². The fraction of sp³-hybridized carbons (Fsp3) is 0.167. The average molecular weight is 354 g/mol. The number of rotatable bonds is 3. The summed E-state index contributed by atoms with van der Waals surface area (Å²) in [6, 6.07) is 3.34. The molecule has 0 aliphatic heterocycles. The number of benzene rings is 1. The minimum atomic E-state index is -0.481. The van der Waals surface area contributed by atoms with Crippen LogP contribution in [0.15, 0.2) is 22.2 Å². The highest BCUT2D eigenvalue weighted by Crippen LogP contribution is 2.40. The Morgan fingerprint density at radius 3 is 2.45 bits per heavy atom. The molecule has 2 aromatic heterocycles. The van der Waals surface area contributed by atoms with Crippen LogP contribution < -0.4 is 0 Å². The molecule has 0 spiro atoms. The minimum absolute atomic E-state index is 0.124. The quantitative estimate of drug-likeness (QED) is 0.401. The first-order valence-electron chi connectivity index (χ1n) is 6.05. The molecule has 0 bridgehead atoms. The zero-order valence-electron chi connectivity index (χ0n) is 11.4. The predicted molar refractivity (Wildman–Crippen MR) is 84.7 cm³/mol. The number of aromatic nitrogens is 4. The zero-order chi connectivity index (χ0) is 15.9. The molecule has 0 saturated carbocycles. The van der Waals surface area contributed by atoms with Crippen LogP contribution in [-0.4, -0.2) is 23.6 Å². The fourth-order valence-corrected chi connectivity index (χ4v) is 3.90. The van der Waals surface area contributed by atoms with Crippen LogP contribution in [0, 0.1) is 24.0 Å². The maximum absolute atomic E-state index is 11.4. The standard InChI is InChI=1S/C12H8ClN5O2S2/c1-5-3-6(2)15-12(14-5)21-8-4-7(13)9-10(17-22-16-9)11(8)18(19)20/h3-4H,1-2H3. The van der Waals surface area contributed by atoms with Crippen molar-refractivity contribution in [3.8, 4) is 0 Å². The Balaban J connectivity index is 2.17. The predicted octanol–water partition coefficient (Wildman–Crippen LogP) is 3.81. The van der Waals surface area contributed by atoms with E-state index in [4.69, 9.17) is 11.6 Å². The van der Waals surface area contributed by atoms with Gasteiger partial charge in [-0.05, 0) is 37.7 Å². The first-order valence-corrected chi connectivity index (χ1v) is 7.97. The Kier molecular flexibility index (Phi) is 3.94. The Hall–Kier alpha value is -1.84. The molecule has 10 heteroatoms. The largest absolute Gasteiger partial charge is 0.312 e. The van der Waals surface area contributed by atoms with Gasteiger partial charge in [0.2, 0.25) is 0 Å². The monoisotopic (exact) mass is 353 g/mol. The number of aryl methyl sites for hydroxylation is 2. The molecular formula is C12H8ClN5O2S2. The van der Waals surface area contributed by atoms with Gasteiger partial charge in [0.05, 0.1) is 26.6 Å². The van der Waals surface area contributed by atoms with Crippen molar-refractivity contribution in [2.45, 2.75) is 23.9 Å².